The number of carboxylic acid groups (broad SMARTS) is 1. The molecule has 5 nitrogen and oxygen atoms in total. The van der Waals surface area contributed by atoms with Gasteiger partial charge >= 0.3 is 5.97 Å². The Balaban J connectivity index is 1.93. The van der Waals surface area contributed by atoms with Gasteiger partial charge in [-0.05, 0) is 17.5 Å². The van der Waals surface area contributed by atoms with Crippen molar-refractivity contribution in [3.63, 3.8) is 0 Å². The van der Waals surface area contributed by atoms with Crippen LogP contribution in [-0.4, -0.2) is 29.1 Å². The molecule has 0 aromatic heterocycles. The van der Waals surface area contributed by atoms with Gasteiger partial charge in [0.05, 0.1) is 12.5 Å². The van der Waals surface area contributed by atoms with Crippen molar-refractivity contribution in [3.8, 4) is 0 Å². The predicted molar refractivity (Wildman–Crippen MR) is 85.3 cm³/mol. The van der Waals surface area contributed by atoms with Crippen LogP contribution in [0.3, 0.4) is 0 Å². The van der Waals surface area contributed by atoms with Crippen molar-refractivity contribution in [1.29, 1.82) is 0 Å². The van der Waals surface area contributed by atoms with E-state index in [1.54, 1.807) is 0 Å². The average Bonchev–Trinajstić information content (AvgIpc) is 2.59. The number of rotatable bonds is 9. The van der Waals surface area contributed by atoms with Crippen LogP contribution in [0.25, 0.3) is 0 Å². The average molecular weight is 313 g/mol. The van der Waals surface area contributed by atoms with E-state index in [1.165, 1.54) is 0 Å². The summed E-state index contributed by atoms with van der Waals surface area (Å²) < 4.78 is 0. The number of carboxylic acids is 1. The summed E-state index contributed by atoms with van der Waals surface area (Å²) in [5.74, 6) is -1.68. The van der Waals surface area contributed by atoms with Gasteiger partial charge in [0.2, 0.25) is 6.41 Å². The van der Waals surface area contributed by atoms with Gasteiger partial charge in [-0.2, -0.15) is 0 Å². The fraction of sp³-hybridized carbons (Fsp3) is 0.222. The largest absolute Gasteiger partial charge is 0.481 e. The molecule has 2 aromatic rings. The summed E-state index contributed by atoms with van der Waals surface area (Å²) in [4.78, 5) is 28.0. The normalized spacial score (nSPS) is 11.7. The summed E-state index contributed by atoms with van der Waals surface area (Å²) >= 11 is 0. The first kappa shape index (κ1) is 16.7. The van der Waals surface area contributed by atoms with Crippen molar-refractivity contribution in [2.45, 2.75) is 13.0 Å². The molecule has 23 heavy (non-hydrogen) atoms. The molecule has 0 heterocycles. The van der Waals surface area contributed by atoms with Crippen LogP contribution in [0.5, 0.6) is 0 Å². The lowest BCUT2D eigenvalue weighted by atomic mass is 9.99. The Kier molecular flexibility index (Phi) is 6.32. The molecule has 0 aliphatic carbocycles. The van der Waals surface area contributed by atoms with Crippen LogP contribution in [0.2, 0.25) is 0 Å². The molecule has 0 radical (unpaired) electrons. The number of hydrogen-bond acceptors (Lipinski definition) is 3. The summed E-state index contributed by atoms with van der Waals surface area (Å²) in [6.07, 6.45) is 0.860. The number of hydrogen-bond donors (Lipinski definition) is 1. The van der Waals surface area contributed by atoms with E-state index in [9.17, 15) is 14.7 Å². The van der Waals surface area contributed by atoms with Gasteiger partial charge in [-0.1, -0.05) is 60.7 Å². The van der Waals surface area contributed by atoms with E-state index in [2.05, 4.69) is 0 Å². The zero-order valence-electron chi connectivity index (χ0n) is 12.7. The predicted octanol–water partition coefficient (Wildman–Crippen LogP) is 2.52. The number of aliphatic carboxylic acids is 1. The number of carbonyl (C=O) groups is 2. The molecule has 2 aromatic carbocycles. The van der Waals surface area contributed by atoms with Crippen molar-refractivity contribution in [1.82, 2.24) is 5.06 Å². The number of nitrogens with zero attached hydrogens (tertiary/aromatic N) is 1. The molecule has 1 atom stereocenters. The molecule has 1 N–H and O–H groups in total. The molecule has 0 aliphatic heterocycles. The standard InChI is InChI=1S/C18H19NO4/c20-14-19(23-13-16-9-5-2-6-10-16)12-17(18(21)22)11-15-7-3-1-4-8-15/h1-10,14,17H,11-13H2,(H,21,22)/t17-/m0/s1. The molecule has 0 saturated carbocycles. The first-order valence-electron chi connectivity index (χ1n) is 7.34. The molecule has 0 fully saturated rings. The minimum atomic E-state index is -0.955. The maximum Gasteiger partial charge on any atom is 0.308 e. The zero-order chi connectivity index (χ0) is 16.5. The third kappa shape index (κ3) is 5.56. The lowest BCUT2D eigenvalue weighted by Crippen LogP contribution is -2.33. The van der Waals surface area contributed by atoms with Gasteiger partial charge in [-0.3, -0.25) is 14.4 Å². The van der Waals surface area contributed by atoms with Gasteiger partial charge in [-0.15, -0.1) is 0 Å². The fourth-order valence-electron chi connectivity index (χ4n) is 2.20. The number of benzene rings is 2. The quantitative estimate of drug-likeness (QED) is 0.570. The van der Waals surface area contributed by atoms with Gasteiger partial charge in [0.15, 0.2) is 0 Å². The van der Waals surface area contributed by atoms with Crippen molar-refractivity contribution in [2.75, 3.05) is 6.54 Å². The number of carbonyl (C=O) groups excluding carboxylic acids is 1. The Hall–Kier alpha value is -2.66. The molecule has 0 spiro atoms. The van der Waals surface area contributed by atoms with Crippen molar-refractivity contribution < 1.29 is 19.5 Å². The fourth-order valence-corrected chi connectivity index (χ4v) is 2.20. The minimum Gasteiger partial charge on any atom is -0.481 e. The van der Waals surface area contributed by atoms with E-state index in [-0.39, 0.29) is 13.2 Å². The Bertz CT molecular complexity index is 615. The number of amides is 1. The second-order valence-corrected chi connectivity index (χ2v) is 5.19. The van der Waals surface area contributed by atoms with Gasteiger partial charge in [0.1, 0.15) is 6.61 Å². The molecule has 1 amide bonds. The minimum absolute atomic E-state index is 0.000557. The Morgan fingerprint density at radius 2 is 1.61 bits per heavy atom. The van der Waals surface area contributed by atoms with Crippen molar-refractivity contribution in [2.24, 2.45) is 5.92 Å². The third-order valence-corrected chi connectivity index (χ3v) is 3.43. The molecule has 0 aliphatic rings. The van der Waals surface area contributed by atoms with E-state index < -0.39 is 11.9 Å². The molecule has 120 valence electrons. The van der Waals surface area contributed by atoms with Crippen LogP contribution < -0.4 is 0 Å². The van der Waals surface area contributed by atoms with E-state index >= 15 is 0 Å². The smallest absolute Gasteiger partial charge is 0.308 e. The van der Waals surface area contributed by atoms with Gasteiger partial charge < -0.3 is 5.11 Å². The van der Waals surface area contributed by atoms with Crippen LogP contribution in [-0.2, 0) is 27.5 Å². The van der Waals surface area contributed by atoms with Gasteiger partial charge in [-0.25, -0.2) is 5.06 Å². The molecular weight excluding hydrogens is 294 g/mol. The lowest BCUT2D eigenvalue weighted by molar-refractivity contribution is -0.183. The van der Waals surface area contributed by atoms with Crippen LogP contribution in [0.15, 0.2) is 60.7 Å². The lowest BCUT2D eigenvalue weighted by Gasteiger charge is -2.21. The maximum atomic E-state index is 11.4. The summed E-state index contributed by atoms with van der Waals surface area (Å²) in [5.41, 5.74) is 1.82. The summed E-state index contributed by atoms with van der Waals surface area (Å²) in [5, 5.41) is 10.4. The van der Waals surface area contributed by atoms with E-state index in [0.717, 1.165) is 16.2 Å². The van der Waals surface area contributed by atoms with E-state index in [4.69, 9.17) is 4.84 Å². The second kappa shape index (κ2) is 8.70. The molecular formula is C18H19NO4. The summed E-state index contributed by atoms with van der Waals surface area (Å²) in [6, 6.07) is 18.7. The first-order chi connectivity index (χ1) is 11.2. The van der Waals surface area contributed by atoms with Crippen LogP contribution >= 0.6 is 0 Å². The van der Waals surface area contributed by atoms with Crippen LogP contribution in [0.1, 0.15) is 11.1 Å². The third-order valence-electron chi connectivity index (χ3n) is 3.43. The number of hydroxylamine groups is 2. The Morgan fingerprint density at radius 1 is 1.04 bits per heavy atom. The maximum absolute atomic E-state index is 11.4. The summed E-state index contributed by atoms with van der Waals surface area (Å²) in [6.45, 7) is 0.220. The Morgan fingerprint density at radius 3 is 2.13 bits per heavy atom. The topological polar surface area (TPSA) is 66.8 Å². The van der Waals surface area contributed by atoms with Crippen LogP contribution in [0.4, 0.5) is 0 Å². The zero-order valence-corrected chi connectivity index (χ0v) is 12.7. The highest BCUT2D eigenvalue weighted by molar-refractivity contribution is 5.71. The monoisotopic (exact) mass is 313 g/mol. The van der Waals surface area contributed by atoms with Gasteiger partial charge in [0.25, 0.3) is 0 Å². The van der Waals surface area contributed by atoms with E-state index in [1.807, 2.05) is 60.7 Å². The summed E-state index contributed by atoms with van der Waals surface area (Å²) in [7, 11) is 0. The molecule has 0 unspecified atom stereocenters. The van der Waals surface area contributed by atoms with Gasteiger partial charge in [0, 0.05) is 0 Å². The molecule has 0 saturated heterocycles. The molecule has 5 heteroatoms. The van der Waals surface area contributed by atoms with Crippen LogP contribution in [0, 0.1) is 5.92 Å². The van der Waals surface area contributed by atoms with Crippen molar-refractivity contribution in [3.05, 3.63) is 71.8 Å². The molecule has 0 bridgehead atoms. The highest BCUT2D eigenvalue weighted by Gasteiger charge is 2.21. The highest BCUT2D eigenvalue weighted by atomic mass is 16.7. The SMILES string of the molecule is O=CN(C[C@H](Cc1ccccc1)C(=O)O)OCc1ccccc1. The molecule has 2 rings (SSSR count). The van der Waals surface area contributed by atoms with Crippen molar-refractivity contribution >= 4 is 12.4 Å². The highest BCUT2D eigenvalue weighted by Crippen LogP contribution is 2.12. The second-order valence-electron chi connectivity index (χ2n) is 5.19. The van der Waals surface area contributed by atoms with E-state index in [0.29, 0.717) is 12.8 Å². The first-order valence-corrected chi connectivity index (χ1v) is 7.34. The Labute approximate surface area is 135 Å².